The number of hydrogen-bond donors (Lipinski definition) is 2. The summed E-state index contributed by atoms with van der Waals surface area (Å²) in [4.78, 5) is 37.7. The molecule has 2 aromatic carbocycles. The Morgan fingerprint density at radius 3 is 2.45 bits per heavy atom. The molecule has 6 nitrogen and oxygen atoms in total. The SMILES string of the molecule is CC(=O)NCCN1C(=O)C(=O)C(=C(O)c2ccc(Cl)cc2)[C@@H]1c1ccccc1F. The molecule has 0 saturated carbocycles. The first-order valence-corrected chi connectivity index (χ1v) is 9.22. The molecule has 0 aromatic heterocycles. The summed E-state index contributed by atoms with van der Waals surface area (Å²) in [5.74, 6) is -3.14. The van der Waals surface area contributed by atoms with Crippen molar-refractivity contribution in [3.63, 3.8) is 0 Å². The number of aliphatic hydroxyl groups is 1. The van der Waals surface area contributed by atoms with Crippen LogP contribution in [0.15, 0.2) is 54.1 Å². The van der Waals surface area contributed by atoms with E-state index < -0.39 is 29.3 Å². The topological polar surface area (TPSA) is 86.7 Å². The molecule has 3 rings (SSSR count). The standard InChI is InChI=1S/C21H18ClFN2O4/c1-12(26)24-10-11-25-18(15-4-2-3-5-16(15)23)17(20(28)21(25)29)19(27)13-6-8-14(22)9-7-13/h2-9,18,27H,10-11H2,1H3,(H,24,26)/t18-/m0/s1. The maximum absolute atomic E-state index is 14.6. The van der Waals surface area contributed by atoms with E-state index in [0.29, 0.717) is 5.02 Å². The fraction of sp³-hybridized carbons (Fsp3) is 0.190. The number of benzene rings is 2. The van der Waals surface area contributed by atoms with Gasteiger partial charge in [-0.15, -0.1) is 0 Å². The third-order valence-electron chi connectivity index (χ3n) is 4.58. The number of nitrogens with one attached hydrogen (secondary N) is 1. The average molecular weight is 417 g/mol. The van der Waals surface area contributed by atoms with Gasteiger partial charge < -0.3 is 15.3 Å². The van der Waals surface area contributed by atoms with Crippen molar-refractivity contribution < 1.29 is 23.9 Å². The van der Waals surface area contributed by atoms with Gasteiger partial charge in [0.1, 0.15) is 11.6 Å². The molecule has 0 aliphatic carbocycles. The third-order valence-corrected chi connectivity index (χ3v) is 4.84. The Kier molecular flexibility index (Phi) is 5.98. The normalized spacial score (nSPS) is 18.2. The van der Waals surface area contributed by atoms with Gasteiger partial charge in [0.25, 0.3) is 11.7 Å². The maximum atomic E-state index is 14.6. The monoisotopic (exact) mass is 416 g/mol. The summed E-state index contributed by atoms with van der Waals surface area (Å²) in [5, 5.41) is 13.8. The molecule has 2 amide bonds. The van der Waals surface area contributed by atoms with Gasteiger partial charge >= 0.3 is 0 Å². The molecular weight excluding hydrogens is 399 g/mol. The molecule has 0 spiro atoms. The zero-order valence-electron chi connectivity index (χ0n) is 15.5. The Morgan fingerprint density at radius 1 is 1.17 bits per heavy atom. The van der Waals surface area contributed by atoms with Gasteiger partial charge in [-0.3, -0.25) is 14.4 Å². The molecule has 2 N–H and O–H groups in total. The van der Waals surface area contributed by atoms with E-state index in [0.717, 1.165) is 4.90 Å². The van der Waals surface area contributed by atoms with Crippen molar-refractivity contribution in [2.75, 3.05) is 13.1 Å². The minimum Gasteiger partial charge on any atom is -0.507 e. The lowest BCUT2D eigenvalue weighted by molar-refractivity contribution is -0.140. The van der Waals surface area contributed by atoms with Gasteiger partial charge in [-0.1, -0.05) is 29.8 Å². The molecule has 1 aliphatic heterocycles. The lowest BCUT2D eigenvalue weighted by Gasteiger charge is -2.25. The maximum Gasteiger partial charge on any atom is 0.295 e. The van der Waals surface area contributed by atoms with Gasteiger partial charge in [0.2, 0.25) is 5.91 Å². The predicted molar refractivity (Wildman–Crippen MR) is 106 cm³/mol. The number of carbonyl (C=O) groups excluding carboxylic acids is 3. The molecule has 0 bridgehead atoms. The summed E-state index contributed by atoms with van der Waals surface area (Å²) >= 11 is 5.87. The molecule has 8 heteroatoms. The molecule has 1 atom stereocenters. The number of ketones is 1. The summed E-state index contributed by atoms with van der Waals surface area (Å²) in [6.07, 6.45) is 0. The van der Waals surface area contributed by atoms with Gasteiger partial charge in [-0.05, 0) is 30.3 Å². The number of carbonyl (C=O) groups is 3. The zero-order valence-corrected chi connectivity index (χ0v) is 16.2. The van der Waals surface area contributed by atoms with Gasteiger partial charge in [-0.25, -0.2) is 4.39 Å². The van der Waals surface area contributed by atoms with Crippen molar-refractivity contribution in [3.8, 4) is 0 Å². The van der Waals surface area contributed by atoms with E-state index in [1.807, 2.05) is 0 Å². The van der Waals surface area contributed by atoms with Gasteiger partial charge in [0.15, 0.2) is 0 Å². The van der Waals surface area contributed by atoms with Crippen LogP contribution in [-0.4, -0.2) is 40.7 Å². The highest BCUT2D eigenvalue weighted by Crippen LogP contribution is 2.40. The van der Waals surface area contributed by atoms with Crippen LogP contribution in [0.25, 0.3) is 5.76 Å². The Morgan fingerprint density at radius 2 is 1.83 bits per heavy atom. The second-order valence-electron chi connectivity index (χ2n) is 6.50. The van der Waals surface area contributed by atoms with E-state index in [1.165, 1.54) is 49.4 Å². The number of halogens is 2. The molecule has 0 unspecified atom stereocenters. The fourth-order valence-corrected chi connectivity index (χ4v) is 3.37. The number of amides is 2. The Hall–Kier alpha value is -3.19. The number of Topliss-reactive ketones (excluding diaryl/α,β-unsaturated/α-hetero) is 1. The van der Waals surface area contributed by atoms with Crippen LogP contribution < -0.4 is 5.32 Å². The molecule has 0 radical (unpaired) electrons. The summed E-state index contributed by atoms with van der Waals surface area (Å²) < 4.78 is 14.6. The van der Waals surface area contributed by atoms with E-state index >= 15 is 0 Å². The summed E-state index contributed by atoms with van der Waals surface area (Å²) in [6, 6.07) is 10.7. The smallest absolute Gasteiger partial charge is 0.295 e. The Bertz CT molecular complexity index is 1000. The minimum absolute atomic E-state index is 0.0272. The van der Waals surface area contributed by atoms with Crippen LogP contribution in [-0.2, 0) is 14.4 Å². The molecule has 1 heterocycles. The number of nitrogens with zero attached hydrogens (tertiary/aromatic N) is 1. The number of aliphatic hydroxyl groups excluding tert-OH is 1. The van der Waals surface area contributed by atoms with Crippen LogP contribution in [0.4, 0.5) is 4.39 Å². The molecule has 150 valence electrons. The van der Waals surface area contributed by atoms with Crippen LogP contribution in [0.3, 0.4) is 0 Å². The van der Waals surface area contributed by atoms with Crippen LogP contribution in [0.2, 0.25) is 5.02 Å². The van der Waals surface area contributed by atoms with Crippen molar-refractivity contribution in [2.45, 2.75) is 13.0 Å². The summed E-state index contributed by atoms with van der Waals surface area (Å²) in [6.45, 7) is 1.37. The molecule has 1 fully saturated rings. The van der Waals surface area contributed by atoms with Crippen LogP contribution in [0.1, 0.15) is 24.1 Å². The highest BCUT2D eigenvalue weighted by atomic mass is 35.5. The van der Waals surface area contributed by atoms with E-state index in [2.05, 4.69) is 5.32 Å². The molecule has 1 saturated heterocycles. The predicted octanol–water partition coefficient (Wildman–Crippen LogP) is 3.04. The second kappa shape index (κ2) is 8.45. The first-order chi connectivity index (χ1) is 13.8. The van der Waals surface area contributed by atoms with Gasteiger partial charge in [0, 0.05) is 36.2 Å². The average Bonchev–Trinajstić information content (AvgIpc) is 2.93. The number of likely N-dealkylation sites (tertiary alicyclic amines) is 1. The molecule has 29 heavy (non-hydrogen) atoms. The molecule has 2 aromatic rings. The van der Waals surface area contributed by atoms with Crippen LogP contribution >= 0.6 is 11.6 Å². The van der Waals surface area contributed by atoms with Gasteiger partial charge in [-0.2, -0.15) is 0 Å². The Labute approximate surface area is 171 Å². The first kappa shape index (κ1) is 20.5. The largest absolute Gasteiger partial charge is 0.507 e. The first-order valence-electron chi connectivity index (χ1n) is 8.84. The fourth-order valence-electron chi connectivity index (χ4n) is 3.25. The van der Waals surface area contributed by atoms with Crippen molar-refractivity contribution in [1.29, 1.82) is 0 Å². The minimum atomic E-state index is -1.12. The Balaban J connectivity index is 2.12. The third kappa shape index (κ3) is 4.14. The lowest BCUT2D eigenvalue weighted by Crippen LogP contribution is -2.37. The number of rotatable bonds is 5. The number of hydrogen-bond acceptors (Lipinski definition) is 4. The molecular formula is C21H18ClFN2O4. The van der Waals surface area contributed by atoms with Crippen molar-refractivity contribution >= 4 is 35.0 Å². The van der Waals surface area contributed by atoms with Gasteiger partial charge in [0.05, 0.1) is 11.6 Å². The van der Waals surface area contributed by atoms with Crippen molar-refractivity contribution in [1.82, 2.24) is 10.2 Å². The van der Waals surface area contributed by atoms with E-state index in [-0.39, 0.29) is 35.7 Å². The highest BCUT2D eigenvalue weighted by molar-refractivity contribution is 6.46. The van der Waals surface area contributed by atoms with Crippen molar-refractivity contribution in [3.05, 3.63) is 76.1 Å². The van der Waals surface area contributed by atoms with Crippen LogP contribution in [0.5, 0.6) is 0 Å². The summed E-state index contributed by atoms with van der Waals surface area (Å²) in [7, 11) is 0. The van der Waals surface area contributed by atoms with E-state index in [4.69, 9.17) is 11.6 Å². The lowest BCUT2D eigenvalue weighted by atomic mass is 9.95. The highest BCUT2D eigenvalue weighted by Gasteiger charge is 2.46. The van der Waals surface area contributed by atoms with E-state index in [9.17, 15) is 23.9 Å². The van der Waals surface area contributed by atoms with E-state index in [1.54, 1.807) is 6.07 Å². The molecule has 1 aliphatic rings. The van der Waals surface area contributed by atoms with Crippen molar-refractivity contribution in [2.24, 2.45) is 0 Å². The zero-order chi connectivity index (χ0) is 21.1. The quantitative estimate of drug-likeness (QED) is 0.445. The second-order valence-corrected chi connectivity index (χ2v) is 6.94. The van der Waals surface area contributed by atoms with Crippen LogP contribution in [0, 0.1) is 5.82 Å². The summed E-state index contributed by atoms with van der Waals surface area (Å²) in [5.41, 5.74) is 0.130.